The number of carbonyl (C=O) groups is 2. The fourth-order valence-electron chi connectivity index (χ4n) is 1.66. The first kappa shape index (κ1) is 14.4. The van der Waals surface area contributed by atoms with Crippen molar-refractivity contribution >= 4 is 11.8 Å². The van der Waals surface area contributed by atoms with Gasteiger partial charge in [0.15, 0.2) is 0 Å². The van der Waals surface area contributed by atoms with Crippen molar-refractivity contribution < 1.29 is 14.3 Å². The number of amides is 2. The SMILES string of the molecule is COCCNC(=O)CCNC(=O)c1n[nH]c(C2CC2)n1. The van der Waals surface area contributed by atoms with E-state index in [9.17, 15) is 9.59 Å². The van der Waals surface area contributed by atoms with Crippen LogP contribution in [-0.2, 0) is 9.53 Å². The highest BCUT2D eigenvalue weighted by atomic mass is 16.5. The molecule has 0 unspecified atom stereocenters. The number of methoxy groups -OCH3 is 1. The second kappa shape index (κ2) is 6.99. The molecule has 8 heteroatoms. The summed E-state index contributed by atoms with van der Waals surface area (Å²) in [4.78, 5) is 27.3. The summed E-state index contributed by atoms with van der Waals surface area (Å²) >= 11 is 0. The summed E-state index contributed by atoms with van der Waals surface area (Å²) in [7, 11) is 1.57. The standard InChI is InChI=1S/C12H19N5O3/c1-20-7-6-13-9(18)4-5-14-12(19)11-15-10(16-17-11)8-2-3-8/h8H,2-7H2,1H3,(H,13,18)(H,14,19)(H,15,16,17). The molecule has 20 heavy (non-hydrogen) atoms. The second-order valence-electron chi connectivity index (χ2n) is 4.67. The van der Waals surface area contributed by atoms with Crippen molar-refractivity contribution in [3.63, 3.8) is 0 Å². The number of aromatic nitrogens is 3. The summed E-state index contributed by atoms with van der Waals surface area (Å²) in [6.07, 6.45) is 2.41. The third-order valence-electron chi connectivity index (χ3n) is 2.94. The first-order valence-corrected chi connectivity index (χ1v) is 6.67. The van der Waals surface area contributed by atoms with Gasteiger partial charge in [0.2, 0.25) is 11.7 Å². The van der Waals surface area contributed by atoms with Crippen LogP contribution in [0.1, 0.15) is 41.6 Å². The van der Waals surface area contributed by atoms with Crippen LogP contribution in [0.25, 0.3) is 0 Å². The van der Waals surface area contributed by atoms with Crippen LogP contribution in [0.15, 0.2) is 0 Å². The molecular formula is C12H19N5O3. The molecule has 1 saturated carbocycles. The maximum atomic E-state index is 11.7. The lowest BCUT2D eigenvalue weighted by Gasteiger charge is -2.04. The predicted octanol–water partition coefficient (Wildman–Crippen LogP) is -0.435. The molecule has 0 atom stereocenters. The fourth-order valence-corrected chi connectivity index (χ4v) is 1.66. The van der Waals surface area contributed by atoms with E-state index in [4.69, 9.17) is 4.74 Å². The largest absolute Gasteiger partial charge is 0.383 e. The highest BCUT2D eigenvalue weighted by Gasteiger charge is 2.28. The van der Waals surface area contributed by atoms with E-state index in [2.05, 4.69) is 25.8 Å². The van der Waals surface area contributed by atoms with E-state index < -0.39 is 0 Å². The number of nitrogens with zero attached hydrogens (tertiary/aromatic N) is 2. The highest BCUT2D eigenvalue weighted by molar-refractivity contribution is 5.90. The lowest BCUT2D eigenvalue weighted by molar-refractivity contribution is -0.121. The molecule has 0 aliphatic heterocycles. The molecule has 3 N–H and O–H groups in total. The minimum Gasteiger partial charge on any atom is -0.383 e. The van der Waals surface area contributed by atoms with Crippen LogP contribution in [0, 0.1) is 0 Å². The minimum absolute atomic E-state index is 0.129. The van der Waals surface area contributed by atoms with E-state index in [-0.39, 0.29) is 30.6 Å². The summed E-state index contributed by atoms with van der Waals surface area (Å²) in [5.41, 5.74) is 0. The van der Waals surface area contributed by atoms with Crippen LogP contribution in [0.5, 0.6) is 0 Å². The molecule has 1 fully saturated rings. The average Bonchev–Trinajstić information content (AvgIpc) is 3.16. The number of hydrogen-bond acceptors (Lipinski definition) is 5. The van der Waals surface area contributed by atoms with Crippen LogP contribution in [0.2, 0.25) is 0 Å². The van der Waals surface area contributed by atoms with Gasteiger partial charge in [0, 0.05) is 32.5 Å². The number of aromatic amines is 1. The number of rotatable bonds is 8. The Morgan fingerprint density at radius 1 is 1.35 bits per heavy atom. The van der Waals surface area contributed by atoms with Gasteiger partial charge in [0.1, 0.15) is 5.82 Å². The van der Waals surface area contributed by atoms with Crippen LogP contribution in [0.3, 0.4) is 0 Å². The molecule has 2 rings (SSSR count). The van der Waals surface area contributed by atoms with Crippen molar-refractivity contribution in [1.29, 1.82) is 0 Å². The first-order valence-electron chi connectivity index (χ1n) is 6.67. The van der Waals surface area contributed by atoms with E-state index in [1.165, 1.54) is 0 Å². The normalized spacial score (nSPS) is 14.1. The van der Waals surface area contributed by atoms with Crippen molar-refractivity contribution in [3.8, 4) is 0 Å². The Morgan fingerprint density at radius 2 is 2.15 bits per heavy atom. The van der Waals surface area contributed by atoms with Crippen LogP contribution >= 0.6 is 0 Å². The second-order valence-corrected chi connectivity index (χ2v) is 4.67. The third kappa shape index (κ3) is 4.30. The topological polar surface area (TPSA) is 109 Å². The third-order valence-corrected chi connectivity index (χ3v) is 2.94. The van der Waals surface area contributed by atoms with Gasteiger partial charge in [0.25, 0.3) is 5.91 Å². The van der Waals surface area contributed by atoms with Gasteiger partial charge in [-0.05, 0) is 12.8 Å². The molecule has 1 aliphatic carbocycles. The van der Waals surface area contributed by atoms with E-state index in [1.807, 2.05) is 0 Å². The lowest BCUT2D eigenvalue weighted by atomic mass is 10.4. The van der Waals surface area contributed by atoms with Gasteiger partial charge in [0.05, 0.1) is 6.61 Å². The smallest absolute Gasteiger partial charge is 0.290 e. The Kier molecular flexibility index (Phi) is 5.05. The van der Waals surface area contributed by atoms with Crippen molar-refractivity contribution in [1.82, 2.24) is 25.8 Å². The quantitative estimate of drug-likeness (QED) is 0.560. The molecule has 1 heterocycles. The number of nitrogens with one attached hydrogen (secondary N) is 3. The summed E-state index contributed by atoms with van der Waals surface area (Å²) in [5, 5.41) is 11.9. The molecule has 0 saturated heterocycles. The van der Waals surface area contributed by atoms with E-state index >= 15 is 0 Å². The zero-order valence-electron chi connectivity index (χ0n) is 11.4. The fraction of sp³-hybridized carbons (Fsp3) is 0.667. The predicted molar refractivity (Wildman–Crippen MR) is 70.2 cm³/mol. The molecular weight excluding hydrogens is 262 g/mol. The van der Waals surface area contributed by atoms with Crippen LogP contribution in [0.4, 0.5) is 0 Å². The van der Waals surface area contributed by atoms with Crippen LogP contribution in [-0.4, -0.2) is 53.8 Å². The van der Waals surface area contributed by atoms with E-state index in [0.29, 0.717) is 19.1 Å². The van der Waals surface area contributed by atoms with Crippen molar-refractivity contribution in [2.24, 2.45) is 0 Å². The summed E-state index contributed by atoms with van der Waals surface area (Å²) < 4.78 is 4.81. The maximum absolute atomic E-state index is 11.7. The molecule has 0 bridgehead atoms. The molecule has 2 amide bonds. The molecule has 8 nitrogen and oxygen atoms in total. The summed E-state index contributed by atoms with van der Waals surface area (Å²) in [5.74, 6) is 0.837. The van der Waals surface area contributed by atoms with Crippen molar-refractivity contribution in [2.45, 2.75) is 25.2 Å². The number of H-pyrrole nitrogens is 1. The van der Waals surface area contributed by atoms with Crippen molar-refractivity contribution in [2.75, 3.05) is 26.8 Å². The average molecular weight is 281 g/mol. The van der Waals surface area contributed by atoms with Gasteiger partial charge in [-0.2, -0.15) is 0 Å². The Hall–Kier alpha value is -1.96. The van der Waals surface area contributed by atoms with E-state index in [0.717, 1.165) is 18.7 Å². The van der Waals surface area contributed by atoms with Gasteiger partial charge >= 0.3 is 0 Å². The van der Waals surface area contributed by atoms with Crippen LogP contribution < -0.4 is 10.6 Å². The number of hydrogen-bond donors (Lipinski definition) is 3. The number of ether oxygens (including phenoxy) is 1. The molecule has 1 aliphatic rings. The Bertz CT molecular complexity index is 469. The van der Waals surface area contributed by atoms with Gasteiger partial charge in [-0.1, -0.05) is 0 Å². The highest BCUT2D eigenvalue weighted by Crippen LogP contribution is 2.37. The van der Waals surface area contributed by atoms with Gasteiger partial charge in [-0.25, -0.2) is 4.98 Å². The molecule has 0 aromatic carbocycles. The zero-order valence-corrected chi connectivity index (χ0v) is 11.4. The Morgan fingerprint density at radius 3 is 2.85 bits per heavy atom. The van der Waals surface area contributed by atoms with E-state index in [1.54, 1.807) is 7.11 Å². The van der Waals surface area contributed by atoms with Crippen molar-refractivity contribution in [3.05, 3.63) is 11.6 Å². The minimum atomic E-state index is -0.363. The molecule has 1 aromatic heterocycles. The molecule has 110 valence electrons. The van der Waals surface area contributed by atoms with Gasteiger partial charge in [-0.3, -0.25) is 14.7 Å². The Labute approximate surface area is 116 Å². The number of carbonyl (C=O) groups excluding carboxylic acids is 2. The monoisotopic (exact) mass is 281 g/mol. The zero-order chi connectivity index (χ0) is 14.4. The maximum Gasteiger partial charge on any atom is 0.290 e. The molecule has 0 spiro atoms. The summed E-state index contributed by atoms with van der Waals surface area (Å²) in [6.45, 7) is 1.19. The molecule has 1 aromatic rings. The molecule has 0 radical (unpaired) electrons. The Balaban J connectivity index is 1.65. The van der Waals surface area contributed by atoms with Gasteiger partial charge < -0.3 is 15.4 Å². The summed E-state index contributed by atoms with van der Waals surface area (Å²) in [6, 6.07) is 0. The van der Waals surface area contributed by atoms with Gasteiger partial charge in [-0.15, -0.1) is 5.10 Å². The lowest BCUT2D eigenvalue weighted by Crippen LogP contribution is -2.32. The first-order chi connectivity index (χ1) is 9.70.